The van der Waals surface area contributed by atoms with Crippen molar-refractivity contribution in [1.29, 1.82) is 0 Å². The molecule has 0 heterocycles. The maximum Gasteiger partial charge on any atom is 0.242 e. The quantitative estimate of drug-likeness (QED) is 0.411. The maximum absolute atomic E-state index is 13.5. The van der Waals surface area contributed by atoms with Crippen LogP contribution in [0, 0.1) is 5.92 Å². The molecule has 0 aliphatic carbocycles. The van der Waals surface area contributed by atoms with E-state index in [1.54, 1.807) is 36.3 Å². The average molecular weight is 518 g/mol. The second-order valence-electron chi connectivity index (χ2n) is 9.21. The number of carbonyl (C=O) groups is 2. The molecule has 0 saturated heterocycles. The second kappa shape index (κ2) is 13.9. The zero-order valence-electron chi connectivity index (χ0n) is 21.9. The molecule has 0 spiro atoms. The highest BCUT2D eigenvalue weighted by Crippen LogP contribution is 2.20. The molecular weight excluding hydrogens is 478 g/mol. The lowest BCUT2D eigenvalue weighted by molar-refractivity contribution is -0.141. The molecule has 0 aromatic heterocycles. The van der Waals surface area contributed by atoms with Gasteiger partial charge in [0.25, 0.3) is 0 Å². The smallest absolute Gasteiger partial charge is 0.242 e. The predicted octanol–water partition coefficient (Wildman–Crippen LogP) is 3.82. The third kappa shape index (κ3) is 8.86. The molecule has 8 nitrogen and oxygen atoms in total. The molecule has 1 atom stereocenters. The summed E-state index contributed by atoms with van der Waals surface area (Å²) in [5.41, 5.74) is 1.40. The van der Waals surface area contributed by atoms with Crippen LogP contribution in [0.3, 0.4) is 0 Å². The highest BCUT2D eigenvalue weighted by Gasteiger charge is 2.29. The molecule has 198 valence electrons. The van der Waals surface area contributed by atoms with Gasteiger partial charge < -0.3 is 15.0 Å². The first-order valence-corrected chi connectivity index (χ1v) is 14.1. The van der Waals surface area contributed by atoms with Crippen molar-refractivity contribution in [2.24, 2.45) is 5.92 Å². The molecule has 0 saturated carbocycles. The molecule has 1 N–H and O–H groups in total. The van der Waals surface area contributed by atoms with Gasteiger partial charge in [0, 0.05) is 26.1 Å². The van der Waals surface area contributed by atoms with Crippen LogP contribution in [0.5, 0.6) is 5.75 Å². The van der Waals surface area contributed by atoms with Gasteiger partial charge in [-0.1, -0.05) is 51.1 Å². The number of sulfonamides is 1. The first kappa shape index (κ1) is 29.2. The van der Waals surface area contributed by atoms with Gasteiger partial charge in [0.2, 0.25) is 21.8 Å². The minimum Gasteiger partial charge on any atom is -0.497 e. The standard InChI is InChI=1S/C27H39N3O5S/c1-6-25(27(32)28-19-21(2)3)29(20-22-12-10-15-24(18-22)35-4)26(31)16-11-17-30(36(5,33)34)23-13-8-7-9-14-23/h7-10,12-15,18,21,25H,6,11,16-17,19-20H2,1-5H3,(H,28,32). The molecule has 0 bridgehead atoms. The highest BCUT2D eigenvalue weighted by molar-refractivity contribution is 7.92. The molecule has 0 aliphatic heterocycles. The first-order chi connectivity index (χ1) is 17.1. The van der Waals surface area contributed by atoms with Crippen LogP contribution in [0.4, 0.5) is 5.69 Å². The number of nitrogens with one attached hydrogen (secondary N) is 1. The van der Waals surface area contributed by atoms with Gasteiger partial charge >= 0.3 is 0 Å². The number of carbonyl (C=O) groups excluding carboxylic acids is 2. The van der Waals surface area contributed by atoms with Crippen molar-refractivity contribution in [3.05, 3.63) is 60.2 Å². The first-order valence-electron chi connectivity index (χ1n) is 12.3. The molecule has 36 heavy (non-hydrogen) atoms. The Hall–Kier alpha value is -3.07. The Kier molecular flexibility index (Phi) is 11.2. The van der Waals surface area contributed by atoms with Gasteiger partial charge in [-0.15, -0.1) is 0 Å². The van der Waals surface area contributed by atoms with Crippen molar-refractivity contribution < 1.29 is 22.7 Å². The molecule has 2 rings (SSSR count). The number of benzene rings is 2. The Balaban J connectivity index is 2.21. The fourth-order valence-electron chi connectivity index (χ4n) is 3.91. The number of hydrogen-bond donors (Lipinski definition) is 1. The van der Waals surface area contributed by atoms with Crippen molar-refractivity contribution in [3.63, 3.8) is 0 Å². The van der Waals surface area contributed by atoms with E-state index in [2.05, 4.69) is 5.32 Å². The van der Waals surface area contributed by atoms with Gasteiger partial charge in [0.05, 0.1) is 19.1 Å². The Morgan fingerprint density at radius 1 is 1.06 bits per heavy atom. The molecule has 9 heteroatoms. The van der Waals surface area contributed by atoms with Crippen molar-refractivity contribution in [2.75, 3.05) is 30.8 Å². The monoisotopic (exact) mass is 517 g/mol. The van der Waals surface area contributed by atoms with Crippen molar-refractivity contribution >= 4 is 27.5 Å². The number of rotatable bonds is 14. The van der Waals surface area contributed by atoms with E-state index in [0.717, 1.165) is 11.8 Å². The lowest BCUT2D eigenvalue weighted by atomic mass is 10.1. The Morgan fingerprint density at radius 2 is 1.75 bits per heavy atom. The summed E-state index contributed by atoms with van der Waals surface area (Å²) in [6.07, 6.45) is 2.04. The number of hydrogen-bond acceptors (Lipinski definition) is 5. The summed E-state index contributed by atoms with van der Waals surface area (Å²) in [4.78, 5) is 28.1. The van der Waals surface area contributed by atoms with E-state index >= 15 is 0 Å². The topological polar surface area (TPSA) is 96.0 Å². The van der Waals surface area contributed by atoms with Crippen LogP contribution in [-0.4, -0.2) is 57.6 Å². The molecule has 0 fully saturated rings. The normalized spacial score (nSPS) is 12.2. The minimum absolute atomic E-state index is 0.108. The summed E-state index contributed by atoms with van der Waals surface area (Å²) in [5.74, 6) is 0.563. The molecule has 0 radical (unpaired) electrons. The van der Waals surface area contributed by atoms with Gasteiger partial charge in [-0.05, 0) is 48.6 Å². The van der Waals surface area contributed by atoms with E-state index in [1.807, 2.05) is 51.1 Å². The van der Waals surface area contributed by atoms with Gasteiger partial charge in [0.15, 0.2) is 0 Å². The molecule has 2 aromatic rings. The van der Waals surface area contributed by atoms with Crippen LogP contribution < -0.4 is 14.4 Å². The summed E-state index contributed by atoms with van der Waals surface area (Å²) in [5, 5.41) is 2.95. The van der Waals surface area contributed by atoms with Crippen molar-refractivity contribution in [1.82, 2.24) is 10.2 Å². The largest absolute Gasteiger partial charge is 0.497 e. The number of anilines is 1. The van der Waals surface area contributed by atoms with Crippen LogP contribution in [0.25, 0.3) is 0 Å². The molecule has 2 amide bonds. The van der Waals surface area contributed by atoms with Crippen molar-refractivity contribution in [2.45, 2.75) is 52.6 Å². The van der Waals surface area contributed by atoms with Crippen LogP contribution in [0.1, 0.15) is 45.6 Å². The predicted molar refractivity (Wildman–Crippen MR) is 143 cm³/mol. The summed E-state index contributed by atoms with van der Waals surface area (Å²) < 4.78 is 31.4. The van der Waals surface area contributed by atoms with E-state index in [9.17, 15) is 18.0 Å². The molecule has 1 unspecified atom stereocenters. The number of nitrogens with zero attached hydrogens (tertiary/aromatic N) is 2. The molecular formula is C27H39N3O5S. The average Bonchev–Trinajstić information content (AvgIpc) is 2.84. The number of ether oxygens (including phenoxy) is 1. The van der Waals surface area contributed by atoms with Gasteiger partial charge in [-0.3, -0.25) is 13.9 Å². The van der Waals surface area contributed by atoms with Gasteiger partial charge in [-0.2, -0.15) is 0 Å². The lowest BCUT2D eigenvalue weighted by Crippen LogP contribution is -2.49. The SMILES string of the molecule is CCC(C(=O)NCC(C)C)N(Cc1cccc(OC)c1)C(=O)CCCN(c1ccccc1)S(C)(=O)=O. The molecule has 2 aromatic carbocycles. The van der Waals surface area contributed by atoms with E-state index in [-0.39, 0.29) is 37.2 Å². The van der Waals surface area contributed by atoms with E-state index < -0.39 is 16.1 Å². The zero-order valence-corrected chi connectivity index (χ0v) is 22.8. The fraction of sp³-hybridized carbons (Fsp3) is 0.481. The maximum atomic E-state index is 13.5. The number of amides is 2. The van der Waals surface area contributed by atoms with E-state index in [1.165, 1.54) is 4.31 Å². The van der Waals surface area contributed by atoms with E-state index in [0.29, 0.717) is 30.8 Å². The van der Waals surface area contributed by atoms with E-state index in [4.69, 9.17) is 4.74 Å². The van der Waals surface area contributed by atoms with Gasteiger partial charge in [-0.25, -0.2) is 8.42 Å². The van der Waals surface area contributed by atoms with Crippen molar-refractivity contribution in [3.8, 4) is 5.75 Å². The Labute approximate surface area is 215 Å². The van der Waals surface area contributed by atoms with Crippen LogP contribution in [0.2, 0.25) is 0 Å². The summed E-state index contributed by atoms with van der Waals surface area (Å²) in [6, 6.07) is 15.6. The Bertz CT molecular complexity index is 1090. The van der Waals surface area contributed by atoms with Crippen LogP contribution in [0.15, 0.2) is 54.6 Å². The summed E-state index contributed by atoms with van der Waals surface area (Å²) in [6.45, 7) is 6.85. The number of para-hydroxylation sites is 1. The van der Waals surface area contributed by atoms with Crippen LogP contribution in [-0.2, 0) is 26.2 Å². The second-order valence-corrected chi connectivity index (χ2v) is 11.1. The third-order valence-corrected chi connectivity index (χ3v) is 6.95. The highest BCUT2D eigenvalue weighted by atomic mass is 32.2. The minimum atomic E-state index is -3.51. The van der Waals surface area contributed by atoms with Gasteiger partial charge in [0.1, 0.15) is 11.8 Å². The molecule has 0 aliphatic rings. The summed E-state index contributed by atoms with van der Waals surface area (Å²) >= 11 is 0. The number of methoxy groups -OCH3 is 1. The zero-order chi connectivity index (χ0) is 26.7. The lowest BCUT2D eigenvalue weighted by Gasteiger charge is -2.31. The van der Waals surface area contributed by atoms with Crippen LogP contribution >= 0.6 is 0 Å². The summed E-state index contributed by atoms with van der Waals surface area (Å²) in [7, 11) is -1.93. The fourth-order valence-corrected chi connectivity index (χ4v) is 4.87. The third-order valence-electron chi connectivity index (χ3n) is 5.75. The Morgan fingerprint density at radius 3 is 2.33 bits per heavy atom.